The Hall–Kier alpha value is -2.23. The molecular formula is C20H16Cl2FNO. The van der Waals surface area contributed by atoms with Gasteiger partial charge in [-0.15, -0.1) is 0 Å². The Morgan fingerprint density at radius 3 is 2.28 bits per heavy atom. The van der Waals surface area contributed by atoms with Gasteiger partial charge in [0.15, 0.2) is 0 Å². The van der Waals surface area contributed by atoms with Gasteiger partial charge in [-0.1, -0.05) is 41.4 Å². The van der Waals surface area contributed by atoms with Gasteiger partial charge in [-0.3, -0.25) is 0 Å². The van der Waals surface area contributed by atoms with Gasteiger partial charge in [-0.05, 0) is 54.1 Å². The molecule has 0 spiro atoms. The van der Waals surface area contributed by atoms with Crippen LogP contribution in [-0.4, -0.2) is 0 Å². The Kier molecular flexibility index (Phi) is 5.79. The van der Waals surface area contributed by atoms with E-state index in [0.717, 1.165) is 11.3 Å². The van der Waals surface area contributed by atoms with Crippen molar-refractivity contribution in [1.29, 1.82) is 0 Å². The Morgan fingerprint density at radius 1 is 0.880 bits per heavy atom. The number of hydrogen-bond acceptors (Lipinski definition) is 2. The molecule has 0 aromatic heterocycles. The van der Waals surface area contributed by atoms with Crippen molar-refractivity contribution in [3.63, 3.8) is 0 Å². The third-order valence-corrected chi connectivity index (χ3v) is 4.32. The molecule has 2 nitrogen and oxygen atoms in total. The maximum atomic E-state index is 13.7. The summed E-state index contributed by atoms with van der Waals surface area (Å²) in [5.41, 5.74) is 2.46. The Balaban J connectivity index is 1.56. The summed E-state index contributed by atoms with van der Waals surface area (Å²) in [5.74, 6) is 0.297. The number of halogens is 3. The van der Waals surface area contributed by atoms with Crippen molar-refractivity contribution in [2.75, 3.05) is 5.32 Å². The van der Waals surface area contributed by atoms with E-state index in [1.165, 1.54) is 6.07 Å². The van der Waals surface area contributed by atoms with Crippen LogP contribution in [0, 0.1) is 5.82 Å². The number of anilines is 1. The van der Waals surface area contributed by atoms with Crippen molar-refractivity contribution < 1.29 is 9.13 Å². The van der Waals surface area contributed by atoms with Crippen LogP contribution >= 0.6 is 23.2 Å². The third-order valence-electron chi connectivity index (χ3n) is 3.71. The average molecular weight is 376 g/mol. The Morgan fingerprint density at radius 2 is 1.60 bits per heavy atom. The van der Waals surface area contributed by atoms with E-state index in [4.69, 9.17) is 27.9 Å². The lowest BCUT2D eigenvalue weighted by Gasteiger charge is -2.10. The van der Waals surface area contributed by atoms with Crippen LogP contribution in [0.25, 0.3) is 0 Å². The molecule has 0 aliphatic carbocycles. The van der Waals surface area contributed by atoms with Crippen molar-refractivity contribution in [3.8, 4) is 5.75 Å². The first-order valence-electron chi connectivity index (χ1n) is 7.76. The first-order valence-corrected chi connectivity index (χ1v) is 8.51. The van der Waals surface area contributed by atoms with E-state index in [1.807, 2.05) is 48.5 Å². The van der Waals surface area contributed by atoms with Gasteiger partial charge in [0.1, 0.15) is 18.2 Å². The zero-order valence-corrected chi connectivity index (χ0v) is 14.8. The molecule has 0 radical (unpaired) electrons. The van der Waals surface area contributed by atoms with Crippen LogP contribution in [0.4, 0.5) is 10.1 Å². The molecule has 3 rings (SSSR count). The van der Waals surface area contributed by atoms with E-state index in [1.54, 1.807) is 12.1 Å². The fraction of sp³-hybridized carbons (Fsp3) is 0.100. The maximum absolute atomic E-state index is 13.7. The van der Waals surface area contributed by atoms with Crippen LogP contribution in [0.1, 0.15) is 11.1 Å². The quantitative estimate of drug-likeness (QED) is 0.543. The summed E-state index contributed by atoms with van der Waals surface area (Å²) in [6, 6.07) is 19.8. The molecule has 0 amide bonds. The van der Waals surface area contributed by atoms with E-state index in [-0.39, 0.29) is 12.4 Å². The highest BCUT2D eigenvalue weighted by molar-refractivity contribution is 6.31. The van der Waals surface area contributed by atoms with Crippen molar-refractivity contribution >= 4 is 28.9 Å². The van der Waals surface area contributed by atoms with Gasteiger partial charge >= 0.3 is 0 Å². The molecule has 0 atom stereocenters. The fourth-order valence-corrected chi connectivity index (χ4v) is 2.64. The van der Waals surface area contributed by atoms with Crippen LogP contribution < -0.4 is 10.1 Å². The van der Waals surface area contributed by atoms with Crippen molar-refractivity contribution in [2.45, 2.75) is 13.2 Å². The minimum Gasteiger partial charge on any atom is -0.489 e. The number of benzene rings is 3. The molecule has 0 aliphatic rings. The molecule has 0 saturated carbocycles. The van der Waals surface area contributed by atoms with Crippen LogP contribution in [0.5, 0.6) is 5.75 Å². The van der Waals surface area contributed by atoms with Gasteiger partial charge in [0.25, 0.3) is 0 Å². The van der Waals surface area contributed by atoms with Crippen LogP contribution in [-0.2, 0) is 13.2 Å². The van der Waals surface area contributed by atoms with Crippen molar-refractivity contribution in [3.05, 3.63) is 93.7 Å². The zero-order valence-electron chi connectivity index (χ0n) is 13.3. The number of nitrogens with one attached hydrogen (secondary N) is 1. The highest BCUT2D eigenvalue weighted by Crippen LogP contribution is 2.22. The summed E-state index contributed by atoms with van der Waals surface area (Å²) in [6.07, 6.45) is 0. The monoisotopic (exact) mass is 375 g/mol. The Bertz CT molecular complexity index is 815. The fourth-order valence-electron chi connectivity index (χ4n) is 2.30. The third kappa shape index (κ3) is 4.88. The second-order valence-electron chi connectivity index (χ2n) is 5.49. The van der Waals surface area contributed by atoms with Gasteiger partial charge in [0, 0.05) is 22.8 Å². The smallest absolute Gasteiger partial charge is 0.131 e. The maximum Gasteiger partial charge on any atom is 0.131 e. The van der Waals surface area contributed by atoms with E-state index < -0.39 is 0 Å². The lowest BCUT2D eigenvalue weighted by atomic mass is 10.2. The molecule has 128 valence electrons. The second kappa shape index (κ2) is 8.24. The Labute approximate surface area is 156 Å². The topological polar surface area (TPSA) is 21.3 Å². The number of rotatable bonds is 6. The first-order chi connectivity index (χ1) is 12.1. The summed E-state index contributed by atoms with van der Waals surface area (Å²) in [7, 11) is 0. The molecule has 3 aromatic rings. The standard InChI is InChI=1S/C20H16Cl2FNO/c21-15-6-8-16(9-7-15)24-12-14-4-10-17(11-5-14)25-13-18-19(22)2-1-3-20(18)23/h1-11,24H,12-13H2. The minimum atomic E-state index is -0.365. The molecule has 0 unspecified atom stereocenters. The van der Waals surface area contributed by atoms with Crippen molar-refractivity contribution in [2.24, 2.45) is 0 Å². The average Bonchev–Trinajstić information content (AvgIpc) is 2.62. The van der Waals surface area contributed by atoms with E-state index in [2.05, 4.69) is 5.32 Å². The summed E-state index contributed by atoms with van der Waals surface area (Å²) >= 11 is 11.9. The first kappa shape index (κ1) is 17.6. The summed E-state index contributed by atoms with van der Waals surface area (Å²) < 4.78 is 19.3. The lowest BCUT2D eigenvalue weighted by molar-refractivity contribution is 0.300. The molecule has 25 heavy (non-hydrogen) atoms. The predicted octanol–water partition coefficient (Wildman–Crippen LogP) is 6.32. The van der Waals surface area contributed by atoms with Crippen molar-refractivity contribution in [1.82, 2.24) is 0 Å². The molecule has 0 bridgehead atoms. The van der Waals surface area contributed by atoms with Gasteiger partial charge in [0.05, 0.1) is 5.02 Å². The largest absolute Gasteiger partial charge is 0.489 e. The molecule has 0 heterocycles. The van der Waals surface area contributed by atoms with Gasteiger partial charge in [-0.25, -0.2) is 4.39 Å². The van der Waals surface area contributed by atoms with E-state index in [9.17, 15) is 4.39 Å². The highest BCUT2D eigenvalue weighted by Gasteiger charge is 2.07. The predicted molar refractivity (Wildman–Crippen MR) is 101 cm³/mol. The molecule has 3 aromatic carbocycles. The van der Waals surface area contributed by atoms with Crippen LogP contribution in [0.3, 0.4) is 0 Å². The second-order valence-corrected chi connectivity index (χ2v) is 6.34. The molecular weight excluding hydrogens is 360 g/mol. The summed E-state index contributed by atoms with van der Waals surface area (Å²) in [4.78, 5) is 0. The zero-order chi connectivity index (χ0) is 17.6. The highest BCUT2D eigenvalue weighted by atomic mass is 35.5. The number of ether oxygens (including phenoxy) is 1. The number of hydrogen-bond donors (Lipinski definition) is 1. The van der Waals surface area contributed by atoms with E-state index in [0.29, 0.717) is 27.9 Å². The molecule has 0 saturated heterocycles. The minimum absolute atomic E-state index is 0.0911. The lowest BCUT2D eigenvalue weighted by Crippen LogP contribution is -2.01. The summed E-state index contributed by atoms with van der Waals surface area (Å²) in [5, 5.41) is 4.39. The molecule has 1 N–H and O–H groups in total. The molecule has 0 fully saturated rings. The van der Waals surface area contributed by atoms with Gasteiger partial charge < -0.3 is 10.1 Å². The van der Waals surface area contributed by atoms with Gasteiger partial charge in [0.2, 0.25) is 0 Å². The normalized spacial score (nSPS) is 10.5. The SMILES string of the molecule is Fc1cccc(Cl)c1COc1ccc(CNc2ccc(Cl)cc2)cc1. The van der Waals surface area contributed by atoms with Crippen LogP contribution in [0.2, 0.25) is 10.0 Å². The van der Waals surface area contributed by atoms with Gasteiger partial charge in [-0.2, -0.15) is 0 Å². The van der Waals surface area contributed by atoms with Crippen LogP contribution in [0.15, 0.2) is 66.7 Å². The molecule has 0 aliphatic heterocycles. The summed E-state index contributed by atoms with van der Waals surface area (Å²) in [6.45, 7) is 0.773. The molecule has 5 heteroatoms. The van der Waals surface area contributed by atoms with E-state index >= 15 is 0 Å².